The van der Waals surface area contributed by atoms with E-state index in [4.69, 9.17) is 4.52 Å². The van der Waals surface area contributed by atoms with Crippen LogP contribution in [0.2, 0.25) is 0 Å². The Kier molecular flexibility index (Phi) is 6.58. The van der Waals surface area contributed by atoms with Crippen molar-refractivity contribution >= 4 is 11.8 Å². The van der Waals surface area contributed by atoms with Gasteiger partial charge >= 0.3 is 0 Å². The number of hydrogen-bond acceptors (Lipinski definition) is 5. The van der Waals surface area contributed by atoms with Gasteiger partial charge in [-0.25, -0.2) is 4.39 Å². The lowest BCUT2D eigenvalue weighted by atomic mass is 10.1. The van der Waals surface area contributed by atoms with Gasteiger partial charge in [-0.15, -0.1) is 0 Å². The number of carbonyl (C=O) groups is 2. The van der Waals surface area contributed by atoms with E-state index in [1.165, 1.54) is 12.1 Å². The van der Waals surface area contributed by atoms with Crippen molar-refractivity contribution in [2.45, 2.75) is 44.7 Å². The van der Waals surface area contributed by atoms with Gasteiger partial charge in [0.1, 0.15) is 5.82 Å². The predicted octanol–water partition coefficient (Wildman–Crippen LogP) is 3.75. The van der Waals surface area contributed by atoms with Gasteiger partial charge in [0.2, 0.25) is 17.6 Å². The first-order valence-electron chi connectivity index (χ1n) is 10.7. The van der Waals surface area contributed by atoms with Crippen molar-refractivity contribution < 1.29 is 18.5 Å². The Morgan fingerprint density at radius 1 is 1.12 bits per heavy atom. The molecule has 0 spiro atoms. The van der Waals surface area contributed by atoms with Gasteiger partial charge in [0.25, 0.3) is 5.91 Å². The quantitative estimate of drug-likeness (QED) is 0.552. The Morgan fingerprint density at radius 3 is 2.53 bits per heavy atom. The largest absolute Gasteiger partial charge is 0.349 e. The topological polar surface area (TPSA) is 88.3 Å². The van der Waals surface area contributed by atoms with Crippen LogP contribution in [-0.2, 0) is 17.8 Å². The van der Waals surface area contributed by atoms with E-state index in [9.17, 15) is 14.0 Å². The van der Waals surface area contributed by atoms with Crippen LogP contribution in [0.3, 0.4) is 0 Å². The minimum absolute atomic E-state index is 0.0128. The second-order valence-electron chi connectivity index (χ2n) is 8.07. The third kappa shape index (κ3) is 5.78. The van der Waals surface area contributed by atoms with Crippen LogP contribution in [0, 0.1) is 5.82 Å². The lowest BCUT2D eigenvalue weighted by Gasteiger charge is -2.17. The number of aryl methyl sites for hydroxylation is 1. The van der Waals surface area contributed by atoms with Crippen LogP contribution in [0.4, 0.5) is 4.39 Å². The van der Waals surface area contributed by atoms with Crippen LogP contribution in [-0.4, -0.2) is 39.9 Å². The molecule has 0 aliphatic heterocycles. The third-order valence-corrected chi connectivity index (χ3v) is 5.33. The van der Waals surface area contributed by atoms with E-state index in [1.54, 1.807) is 36.2 Å². The average Bonchev–Trinajstić information content (AvgIpc) is 3.48. The second-order valence-corrected chi connectivity index (χ2v) is 8.07. The maximum Gasteiger partial charge on any atom is 0.251 e. The Morgan fingerprint density at radius 2 is 1.84 bits per heavy atom. The summed E-state index contributed by atoms with van der Waals surface area (Å²) >= 11 is 0. The van der Waals surface area contributed by atoms with E-state index in [-0.39, 0.29) is 17.6 Å². The molecule has 1 N–H and O–H groups in total. The molecule has 1 saturated carbocycles. The molecule has 1 heterocycles. The zero-order valence-electron chi connectivity index (χ0n) is 17.9. The van der Waals surface area contributed by atoms with E-state index in [0.29, 0.717) is 54.7 Å². The number of halogens is 1. The molecular formula is C24H25FN4O3. The first-order valence-corrected chi connectivity index (χ1v) is 10.7. The number of benzene rings is 2. The first-order chi connectivity index (χ1) is 15.5. The number of carbonyl (C=O) groups excluding carboxylic acids is 2. The highest BCUT2D eigenvalue weighted by Gasteiger charge is 2.23. The summed E-state index contributed by atoms with van der Waals surface area (Å²) in [6, 6.07) is 13.5. The van der Waals surface area contributed by atoms with Crippen LogP contribution in [0.1, 0.15) is 47.5 Å². The van der Waals surface area contributed by atoms with Gasteiger partial charge in [0.15, 0.2) is 0 Å². The number of nitrogens with one attached hydrogen (secondary N) is 1. The summed E-state index contributed by atoms with van der Waals surface area (Å²) in [4.78, 5) is 30.5. The van der Waals surface area contributed by atoms with Gasteiger partial charge < -0.3 is 14.7 Å². The molecule has 0 bridgehead atoms. The molecule has 2 aromatic carbocycles. The van der Waals surface area contributed by atoms with Crippen molar-refractivity contribution in [2.24, 2.45) is 0 Å². The molecule has 2 amide bonds. The number of aromatic nitrogens is 2. The molecule has 8 heteroatoms. The monoisotopic (exact) mass is 436 g/mol. The minimum Gasteiger partial charge on any atom is -0.349 e. The van der Waals surface area contributed by atoms with E-state index in [0.717, 1.165) is 18.4 Å². The summed E-state index contributed by atoms with van der Waals surface area (Å²) < 4.78 is 18.3. The Hall–Kier alpha value is -3.55. The maximum absolute atomic E-state index is 13.0. The van der Waals surface area contributed by atoms with Gasteiger partial charge in [0, 0.05) is 43.6 Å². The smallest absolute Gasteiger partial charge is 0.251 e. The molecule has 7 nitrogen and oxygen atoms in total. The van der Waals surface area contributed by atoms with Crippen molar-refractivity contribution in [3.63, 3.8) is 0 Å². The fraction of sp³-hybridized carbons (Fsp3) is 0.333. The Labute approximate surface area is 185 Å². The van der Waals surface area contributed by atoms with Gasteiger partial charge in [-0.3, -0.25) is 9.59 Å². The van der Waals surface area contributed by atoms with Crippen molar-refractivity contribution in [3.8, 4) is 11.4 Å². The van der Waals surface area contributed by atoms with E-state index >= 15 is 0 Å². The van der Waals surface area contributed by atoms with E-state index in [1.807, 2.05) is 12.1 Å². The fourth-order valence-corrected chi connectivity index (χ4v) is 3.27. The highest BCUT2D eigenvalue weighted by atomic mass is 19.1. The summed E-state index contributed by atoms with van der Waals surface area (Å²) in [5.41, 5.74) is 2.27. The number of amides is 2. The predicted molar refractivity (Wildman–Crippen MR) is 116 cm³/mol. The Bertz CT molecular complexity index is 1080. The van der Waals surface area contributed by atoms with Crippen molar-refractivity contribution in [1.82, 2.24) is 20.4 Å². The standard InChI is InChI=1S/C24H25FN4O3/c1-29(15-16-5-7-18(8-6-16)24(31)26-20-13-14-20)22(30)4-2-3-21-27-23(28-32-21)17-9-11-19(25)12-10-17/h5-12,20H,2-4,13-15H2,1H3,(H,26,31). The normalized spacial score (nSPS) is 13.1. The highest BCUT2D eigenvalue weighted by molar-refractivity contribution is 5.94. The van der Waals surface area contributed by atoms with Crippen LogP contribution in [0.15, 0.2) is 53.1 Å². The lowest BCUT2D eigenvalue weighted by Crippen LogP contribution is -2.26. The van der Waals surface area contributed by atoms with Gasteiger partial charge in [-0.05, 0) is 61.2 Å². The first kappa shape index (κ1) is 21.7. The van der Waals surface area contributed by atoms with Crippen LogP contribution < -0.4 is 5.32 Å². The van der Waals surface area contributed by atoms with Crippen molar-refractivity contribution in [1.29, 1.82) is 0 Å². The van der Waals surface area contributed by atoms with E-state index in [2.05, 4.69) is 15.5 Å². The van der Waals surface area contributed by atoms with Crippen LogP contribution in [0.5, 0.6) is 0 Å². The molecule has 166 valence electrons. The average molecular weight is 436 g/mol. The molecule has 4 rings (SSSR count). The number of hydrogen-bond donors (Lipinski definition) is 1. The number of rotatable bonds is 9. The molecular weight excluding hydrogens is 411 g/mol. The summed E-state index contributed by atoms with van der Waals surface area (Å²) in [6.07, 6.45) is 3.52. The van der Waals surface area contributed by atoms with Gasteiger partial charge in [-0.1, -0.05) is 17.3 Å². The molecule has 1 fully saturated rings. The Balaban J connectivity index is 1.22. The van der Waals surface area contributed by atoms with Crippen molar-refractivity contribution in [2.75, 3.05) is 7.05 Å². The molecule has 3 aromatic rings. The number of nitrogens with zero attached hydrogens (tertiary/aromatic N) is 3. The fourth-order valence-electron chi connectivity index (χ4n) is 3.27. The molecule has 0 radical (unpaired) electrons. The van der Waals surface area contributed by atoms with Crippen molar-refractivity contribution in [3.05, 3.63) is 71.4 Å². The summed E-state index contributed by atoms with van der Waals surface area (Å²) in [7, 11) is 1.76. The third-order valence-electron chi connectivity index (χ3n) is 5.33. The molecule has 0 unspecified atom stereocenters. The molecule has 1 aliphatic carbocycles. The van der Waals surface area contributed by atoms with Crippen LogP contribution >= 0.6 is 0 Å². The van der Waals surface area contributed by atoms with Crippen LogP contribution in [0.25, 0.3) is 11.4 Å². The highest BCUT2D eigenvalue weighted by Crippen LogP contribution is 2.20. The van der Waals surface area contributed by atoms with Gasteiger partial charge in [0.05, 0.1) is 0 Å². The summed E-state index contributed by atoms with van der Waals surface area (Å²) in [6.45, 7) is 0.471. The molecule has 1 aliphatic rings. The van der Waals surface area contributed by atoms with E-state index < -0.39 is 0 Å². The molecule has 0 atom stereocenters. The summed E-state index contributed by atoms with van der Waals surface area (Å²) in [5.74, 6) is 0.485. The maximum atomic E-state index is 13.0. The zero-order valence-corrected chi connectivity index (χ0v) is 17.9. The zero-order chi connectivity index (χ0) is 22.5. The molecule has 1 aromatic heterocycles. The lowest BCUT2D eigenvalue weighted by molar-refractivity contribution is -0.130. The summed E-state index contributed by atoms with van der Waals surface area (Å²) in [5, 5.41) is 6.87. The second kappa shape index (κ2) is 9.72. The molecule has 0 saturated heterocycles. The minimum atomic E-state index is -0.324. The van der Waals surface area contributed by atoms with Gasteiger partial charge in [-0.2, -0.15) is 4.98 Å². The SMILES string of the molecule is CN(Cc1ccc(C(=O)NC2CC2)cc1)C(=O)CCCc1nc(-c2ccc(F)cc2)no1. The molecule has 32 heavy (non-hydrogen) atoms.